The predicted octanol–water partition coefficient (Wildman–Crippen LogP) is -1.33. The molecule has 0 bridgehead atoms. The highest BCUT2D eigenvalue weighted by molar-refractivity contribution is 5.84. The van der Waals surface area contributed by atoms with Crippen molar-refractivity contribution in [1.29, 1.82) is 0 Å². The van der Waals surface area contributed by atoms with Crippen LogP contribution < -0.4 is 16.0 Å². The maximum absolute atomic E-state index is 11.2. The summed E-state index contributed by atoms with van der Waals surface area (Å²) in [5, 5.41) is 15.8. The molecule has 102 valence electrons. The largest absolute Gasteiger partial charge is 0.480 e. The molecule has 0 aliphatic heterocycles. The summed E-state index contributed by atoms with van der Waals surface area (Å²) in [5.41, 5.74) is 0. The van der Waals surface area contributed by atoms with Gasteiger partial charge in [-0.3, -0.25) is 4.79 Å². The number of amides is 3. The van der Waals surface area contributed by atoms with E-state index >= 15 is 0 Å². The Kier molecular flexibility index (Phi) is 5.92. The number of nitrogens with one attached hydrogen (secondary N) is 3. The average Bonchev–Trinajstić information content (AvgIpc) is 3.09. The Labute approximate surface area is 104 Å². The lowest BCUT2D eigenvalue weighted by Gasteiger charge is -2.07. The van der Waals surface area contributed by atoms with Gasteiger partial charge in [-0.05, 0) is 12.8 Å². The third-order valence-corrected chi connectivity index (χ3v) is 2.11. The van der Waals surface area contributed by atoms with E-state index in [1.54, 1.807) is 0 Å². The number of urea groups is 1. The highest BCUT2D eigenvalue weighted by Gasteiger charge is 2.22. The molecule has 8 nitrogen and oxygen atoms in total. The first-order chi connectivity index (χ1) is 8.58. The summed E-state index contributed by atoms with van der Waals surface area (Å²) in [6.45, 7) is -0.178. The molecule has 4 N–H and O–H groups in total. The van der Waals surface area contributed by atoms with Crippen molar-refractivity contribution >= 4 is 17.9 Å². The Morgan fingerprint density at radius 1 is 1.22 bits per heavy atom. The Morgan fingerprint density at radius 2 is 1.94 bits per heavy atom. The minimum absolute atomic E-state index is 0.0711. The molecule has 0 radical (unpaired) electrons. The fraction of sp³-hybridized carbons (Fsp3) is 0.700. The molecule has 0 aromatic carbocycles. The van der Waals surface area contributed by atoms with Crippen LogP contribution in [0, 0.1) is 0 Å². The van der Waals surface area contributed by atoms with Gasteiger partial charge in [0.1, 0.15) is 6.61 Å². The molecule has 1 aliphatic carbocycles. The van der Waals surface area contributed by atoms with Gasteiger partial charge in [0.05, 0.1) is 13.2 Å². The van der Waals surface area contributed by atoms with Crippen molar-refractivity contribution < 1.29 is 24.2 Å². The van der Waals surface area contributed by atoms with Crippen LogP contribution in [0.4, 0.5) is 4.79 Å². The summed E-state index contributed by atoms with van der Waals surface area (Å²) < 4.78 is 4.71. The maximum Gasteiger partial charge on any atom is 0.329 e. The van der Waals surface area contributed by atoms with Crippen LogP contribution in [0.1, 0.15) is 12.8 Å². The topological polar surface area (TPSA) is 117 Å². The normalized spacial score (nSPS) is 13.8. The molecule has 0 heterocycles. The van der Waals surface area contributed by atoms with E-state index in [4.69, 9.17) is 9.84 Å². The SMILES string of the molecule is O=C(O)COCCNC(=O)NCC(=O)NC1CC1. The molecule has 0 atom stereocenters. The van der Waals surface area contributed by atoms with E-state index < -0.39 is 18.6 Å². The first-order valence-electron chi connectivity index (χ1n) is 5.68. The minimum Gasteiger partial charge on any atom is -0.480 e. The number of carbonyl (C=O) groups is 3. The quantitative estimate of drug-likeness (QED) is 0.403. The summed E-state index contributed by atoms with van der Waals surface area (Å²) in [6.07, 6.45) is 2.00. The van der Waals surface area contributed by atoms with Crippen LogP contribution in [0.15, 0.2) is 0 Å². The van der Waals surface area contributed by atoms with E-state index in [2.05, 4.69) is 16.0 Å². The van der Waals surface area contributed by atoms with E-state index in [9.17, 15) is 14.4 Å². The Hall–Kier alpha value is -1.83. The van der Waals surface area contributed by atoms with Crippen LogP contribution in [0.5, 0.6) is 0 Å². The lowest BCUT2D eigenvalue weighted by molar-refractivity contribution is -0.142. The standard InChI is InChI=1S/C10H17N3O5/c14-8(13-7-1-2-7)5-12-10(17)11-3-4-18-6-9(15)16/h7H,1-6H2,(H,13,14)(H,15,16)(H2,11,12,17). The highest BCUT2D eigenvalue weighted by Crippen LogP contribution is 2.17. The number of hydrogen-bond acceptors (Lipinski definition) is 4. The lowest BCUT2D eigenvalue weighted by atomic mass is 10.5. The zero-order chi connectivity index (χ0) is 13.4. The van der Waals surface area contributed by atoms with Crippen LogP contribution >= 0.6 is 0 Å². The molecular formula is C10H17N3O5. The van der Waals surface area contributed by atoms with Crippen molar-refractivity contribution in [3.8, 4) is 0 Å². The van der Waals surface area contributed by atoms with Crippen LogP contribution in [-0.2, 0) is 14.3 Å². The van der Waals surface area contributed by atoms with Gasteiger partial charge in [0.2, 0.25) is 5.91 Å². The van der Waals surface area contributed by atoms with Gasteiger partial charge in [0.25, 0.3) is 0 Å². The number of carbonyl (C=O) groups excluding carboxylic acids is 2. The molecule has 1 aliphatic rings. The van der Waals surface area contributed by atoms with Gasteiger partial charge in [0, 0.05) is 12.6 Å². The van der Waals surface area contributed by atoms with Gasteiger partial charge in [-0.25, -0.2) is 9.59 Å². The number of ether oxygens (including phenoxy) is 1. The average molecular weight is 259 g/mol. The first-order valence-corrected chi connectivity index (χ1v) is 5.68. The summed E-state index contributed by atoms with van der Waals surface area (Å²) in [6, 6.07) is -0.216. The van der Waals surface area contributed by atoms with Crippen molar-refractivity contribution in [3.63, 3.8) is 0 Å². The molecule has 8 heteroatoms. The second-order valence-electron chi connectivity index (χ2n) is 3.90. The fourth-order valence-corrected chi connectivity index (χ4v) is 1.13. The molecule has 0 aromatic heterocycles. The number of aliphatic carboxylic acids is 1. The molecule has 1 fully saturated rings. The predicted molar refractivity (Wildman–Crippen MR) is 61.0 cm³/mol. The van der Waals surface area contributed by atoms with Crippen molar-refractivity contribution in [3.05, 3.63) is 0 Å². The minimum atomic E-state index is -1.06. The van der Waals surface area contributed by atoms with E-state index in [0.29, 0.717) is 0 Å². The van der Waals surface area contributed by atoms with Crippen molar-refractivity contribution in [2.24, 2.45) is 0 Å². The molecule has 1 rings (SSSR count). The number of hydrogen-bond donors (Lipinski definition) is 4. The smallest absolute Gasteiger partial charge is 0.329 e. The molecular weight excluding hydrogens is 242 g/mol. The first kappa shape index (κ1) is 14.2. The molecule has 0 spiro atoms. The van der Waals surface area contributed by atoms with Crippen molar-refractivity contribution in [1.82, 2.24) is 16.0 Å². The number of carboxylic acids is 1. The fourth-order valence-electron chi connectivity index (χ4n) is 1.13. The van der Waals surface area contributed by atoms with Gasteiger partial charge >= 0.3 is 12.0 Å². The van der Waals surface area contributed by atoms with Gasteiger partial charge in [-0.2, -0.15) is 0 Å². The zero-order valence-corrected chi connectivity index (χ0v) is 9.90. The molecule has 0 unspecified atom stereocenters. The second-order valence-corrected chi connectivity index (χ2v) is 3.90. The summed E-state index contributed by atoms with van der Waals surface area (Å²) in [4.78, 5) is 32.5. The number of rotatable bonds is 8. The highest BCUT2D eigenvalue weighted by atomic mass is 16.5. The molecule has 1 saturated carbocycles. The van der Waals surface area contributed by atoms with Gasteiger partial charge < -0.3 is 25.8 Å². The second kappa shape index (κ2) is 7.49. The molecule has 0 saturated heterocycles. The molecule has 3 amide bonds. The van der Waals surface area contributed by atoms with E-state index in [1.165, 1.54) is 0 Å². The lowest BCUT2D eigenvalue weighted by Crippen LogP contribution is -2.43. The van der Waals surface area contributed by atoms with Crippen LogP contribution in [-0.4, -0.2) is 55.4 Å². The third kappa shape index (κ3) is 7.44. The summed E-state index contributed by atoms with van der Waals surface area (Å²) in [7, 11) is 0. The van der Waals surface area contributed by atoms with Gasteiger partial charge in [0.15, 0.2) is 0 Å². The van der Waals surface area contributed by atoms with Gasteiger partial charge in [-0.15, -0.1) is 0 Å². The van der Waals surface area contributed by atoms with Crippen LogP contribution in [0.3, 0.4) is 0 Å². The van der Waals surface area contributed by atoms with Crippen LogP contribution in [0.2, 0.25) is 0 Å². The van der Waals surface area contributed by atoms with Crippen molar-refractivity contribution in [2.75, 3.05) is 26.3 Å². The van der Waals surface area contributed by atoms with Crippen molar-refractivity contribution in [2.45, 2.75) is 18.9 Å². The summed E-state index contributed by atoms with van der Waals surface area (Å²) >= 11 is 0. The summed E-state index contributed by atoms with van der Waals surface area (Å²) in [5.74, 6) is -1.27. The Balaban J connectivity index is 1.92. The number of carboxylic acid groups (broad SMARTS) is 1. The van der Waals surface area contributed by atoms with Crippen LogP contribution in [0.25, 0.3) is 0 Å². The monoisotopic (exact) mass is 259 g/mol. The molecule has 0 aromatic rings. The zero-order valence-electron chi connectivity index (χ0n) is 9.90. The van der Waals surface area contributed by atoms with E-state index in [0.717, 1.165) is 12.8 Å². The van der Waals surface area contributed by atoms with E-state index in [-0.39, 0.29) is 31.6 Å². The van der Waals surface area contributed by atoms with Gasteiger partial charge in [-0.1, -0.05) is 0 Å². The maximum atomic E-state index is 11.2. The Morgan fingerprint density at radius 3 is 2.56 bits per heavy atom. The van der Waals surface area contributed by atoms with E-state index in [1.807, 2.05) is 0 Å². The Bertz CT molecular complexity index is 317. The third-order valence-electron chi connectivity index (χ3n) is 2.11. The molecule has 18 heavy (non-hydrogen) atoms.